The van der Waals surface area contributed by atoms with Gasteiger partial charge >= 0.3 is 12.0 Å². The first-order valence-electron chi connectivity index (χ1n) is 7.30. The van der Waals surface area contributed by atoms with E-state index in [4.69, 9.17) is 5.11 Å². The van der Waals surface area contributed by atoms with Crippen molar-refractivity contribution in [3.05, 3.63) is 29.3 Å². The molecule has 0 radical (unpaired) electrons. The van der Waals surface area contributed by atoms with E-state index in [2.05, 4.69) is 11.4 Å². The molecule has 1 heterocycles. The number of nitrogens with one attached hydrogen (secondary N) is 1. The molecule has 0 fully saturated rings. The van der Waals surface area contributed by atoms with Gasteiger partial charge in [-0.1, -0.05) is 17.7 Å². The molecule has 2 rings (SSSR count). The average Bonchev–Trinajstić information content (AvgIpc) is 2.45. The Labute approximate surface area is 125 Å². The van der Waals surface area contributed by atoms with Gasteiger partial charge in [0.1, 0.15) is 0 Å². The fourth-order valence-corrected chi connectivity index (χ4v) is 2.55. The minimum absolute atomic E-state index is 0.222. The molecule has 1 aromatic carbocycles. The highest BCUT2D eigenvalue weighted by Crippen LogP contribution is 2.28. The van der Waals surface area contributed by atoms with Crippen LogP contribution in [0.3, 0.4) is 0 Å². The molecule has 2 unspecified atom stereocenters. The quantitative estimate of drug-likeness (QED) is 0.899. The van der Waals surface area contributed by atoms with E-state index in [9.17, 15) is 9.59 Å². The molecule has 1 aliphatic rings. The molecule has 0 bridgehead atoms. The van der Waals surface area contributed by atoms with Crippen LogP contribution in [-0.4, -0.2) is 29.7 Å². The van der Waals surface area contributed by atoms with Crippen molar-refractivity contribution in [1.82, 2.24) is 5.32 Å². The number of carboxylic acids is 1. The maximum Gasteiger partial charge on any atom is 0.322 e. The lowest BCUT2D eigenvalue weighted by molar-refractivity contribution is -0.141. The highest BCUT2D eigenvalue weighted by molar-refractivity contribution is 5.93. The SMILES string of the molecule is Cc1ccc2c(c1)CCCN2C(=O)NC(C)C(C)C(=O)O. The molecule has 2 amide bonds. The average molecular weight is 290 g/mol. The molecule has 5 heteroatoms. The number of urea groups is 1. The van der Waals surface area contributed by atoms with Gasteiger partial charge in [-0.15, -0.1) is 0 Å². The van der Waals surface area contributed by atoms with E-state index in [1.165, 1.54) is 11.1 Å². The van der Waals surface area contributed by atoms with Crippen molar-refractivity contribution >= 4 is 17.7 Å². The number of nitrogens with zero attached hydrogens (tertiary/aromatic N) is 1. The van der Waals surface area contributed by atoms with E-state index < -0.39 is 17.9 Å². The topological polar surface area (TPSA) is 69.6 Å². The van der Waals surface area contributed by atoms with Gasteiger partial charge < -0.3 is 10.4 Å². The normalized spacial score (nSPS) is 16.8. The number of anilines is 1. The summed E-state index contributed by atoms with van der Waals surface area (Å²) in [5.74, 6) is -1.52. The number of hydrogen-bond acceptors (Lipinski definition) is 2. The number of aliphatic carboxylic acids is 1. The van der Waals surface area contributed by atoms with E-state index in [0.717, 1.165) is 18.5 Å². The van der Waals surface area contributed by atoms with E-state index >= 15 is 0 Å². The van der Waals surface area contributed by atoms with Crippen LogP contribution >= 0.6 is 0 Å². The van der Waals surface area contributed by atoms with Gasteiger partial charge in [-0.25, -0.2) is 4.79 Å². The molecule has 0 aliphatic carbocycles. The summed E-state index contributed by atoms with van der Waals surface area (Å²) in [4.78, 5) is 25.1. The maximum absolute atomic E-state index is 12.4. The lowest BCUT2D eigenvalue weighted by Gasteiger charge is -2.31. The molecule has 1 aliphatic heterocycles. The number of amides is 2. The lowest BCUT2D eigenvalue weighted by Crippen LogP contribution is -2.48. The predicted molar refractivity (Wildman–Crippen MR) is 81.6 cm³/mol. The van der Waals surface area contributed by atoms with Gasteiger partial charge in [0, 0.05) is 18.3 Å². The maximum atomic E-state index is 12.4. The summed E-state index contributed by atoms with van der Waals surface area (Å²) in [6.45, 7) is 6.02. The second kappa shape index (κ2) is 6.16. The molecule has 1 aromatic rings. The standard InChI is InChI=1S/C16H22N2O3/c1-10-6-7-14-13(9-10)5-4-8-18(14)16(21)17-12(3)11(2)15(19)20/h6-7,9,11-12H,4-5,8H2,1-3H3,(H,17,21)(H,19,20). The summed E-state index contributed by atoms with van der Waals surface area (Å²) in [6.07, 6.45) is 1.90. The van der Waals surface area contributed by atoms with Gasteiger partial charge in [-0.05, 0) is 45.2 Å². The van der Waals surface area contributed by atoms with Gasteiger partial charge in [0.2, 0.25) is 0 Å². The summed E-state index contributed by atoms with van der Waals surface area (Å²) in [7, 11) is 0. The van der Waals surface area contributed by atoms with Crippen molar-refractivity contribution in [1.29, 1.82) is 0 Å². The van der Waals surface area contributed by atoms with Crippen molar-refractivity contribution in [3.8, 4) is 0 Å². The first kappa shape index (κ1) is 15.4. The Kier molecular flexibility index (Phi) is 4.50. The molecular formula is C16H22N2O3. The summed E-state index contributed by atoms with van der Waals surface area (Å²) in [6, 6.07) is 5.44. The Hall–Kier alpha value is -2.04. The zero-order valence-corrected chi connectivity index (χ0v) is 12.7. The number of carbonyl (C=O) groups excluding carboxylic acids is 1. The molecule has 5 nitrogen and oxygen atoms in total. The van der Waals surface area contributed by atoms with Crippen LogP contribution in [0.5, 0.6) is 0 Å². The van der Waals surface area contributed by atoms with Crippen LogP contribution in [0.15, 0.2) is 18.2 Å². The predicted octanol–water partition coefficient (Wildman–Crippen LogP) is 2.57. The van der Waals surface area contributed by atoms with Crippen LogP contribution < -0.4 is 10.2 Å². The second-order valence-electron chi connectivity index (χ2n) is 5.75. The number of aryl methyl sites for hydroxylation is 2. The Morgan fingerprint density at radius 2 is 2.05 bits per heavy atom. The highest BCUT2D eigenvalue weighted by atomic mass is 16.4. The number of hydrogen-bond donors (Lipinski definition) is 2. The largest absolute Gasteiger partial charge is 0.481 e. The number of carbonyl (C=O) groups is 2. The molecule has 0 saturated carbocycles. The van der Waals surface area contributed by atoms with Crippen LogP contribution in [0.4, 0.5) is 10.5 Å². The molecular weight excluding hydrogens is 268 g/mol. The van der Waals surface area contributed by atoms with Gasteiger partial charge in [0.05, 0.1) is 5.92 Å². The van der Waals surface area contributed by atoms with Gasteiger partial charge in [-0.3, -0.25) is 9.69 Å². The van der Waals surface area contributed by atoms with Crippen molar-refractivity contribution < 1.29 is 14.7 Å². The third kappa shape index (κ3) is 3.35. The van der Waals surface area contributed by atoms with Gasteiger partial charge in [0.25, 0.3) is 0 Å². The number of fused-ring (bicyclic) bond motifs is 1. The Balaban J connectivity index is 2.13. The Bertz CT molecular complexity index is 556. The van der Waals surface area contributed by atoms with Crippen LogP contribution in [0.1, 0.15) is 31.4 Å². The minimum atomic E-state index is -0.905. The number of rotatable bonds is 3. The third-order valence-corrected chi connectivity index (χ3v) is 4.09. The summed E-state index contributed by atoms with van der Waals surface area (Å²) >= 11 is 0. The monoisotopic (exact) mass is 290 g/mol. The van der Waals surface area contributed by atoms with Crippen LogP contribution in [0.2, 0.25) is 0 Å². The molecule has 2 N–H and O–H groups in total. The fourth-order valence-electron chi connectivity index (χ4n) is 2.55. The van der Waals surface area contributed by atoms with Crippen LogP contribution in [-0.2, 0) is 11.2 Å². The van der Waals surface area contributed by atoms with Crippen molar-refractivity contribution in [2.75, 3.05) is 11.4 Å². The summed E-state index contributed by atoms with van der Waals surface area (Å²) in [5, 5.41) is 11.8. The molecule has 0 spiro atoms. The van der Waals surface area contributed by atoms with Crippen LogP contribution in [0, 0.1) is 12.8 Å². The third-order valence-electron chi connectivity index (χ3n) is 4.09. The highest BCUT2D eigenvalue weighted by Gasteiger charge is 2.26. The zero-order chi connectivity index (χ0) is 15.6. The smallest absolute Gasteiger partial charge is 0.322 e. The minimum Gasteiger partial charge on any atom is -0.481 e. The second-order valence-corrected chi connectivity index (χ2v) is 5.75. The van der Waals surface area contributed by atoms with Crippen molar-refractivity contribution in [2.45, 2.75) is 39.7 Å². The first-order chi connectivity index (χ1) is 9.90. The first-order valence-corrected chi connectivity index (χ1v) is 7.30. The molecule has 114 valence electrons. The molecule has 0 saturated heterocycles. The lowest BCUT2D eigenvalue weighted by atomic mass is 9.99. The van der Waals surface area contributed by atoms with Crippen LogP contribution in [0.25, 0.3) is 0 Å². The number of benzene rings is 1. The molecule has 2 atom stereocenters. The number of carboxylic acid groups (broad SMARTS) is 1. The fraction of sp³-hybridized carbons (Fsp3) is 0.500. The van der Waals surface area contributed by atoms with E-state index in [1.807, 2.05) is 19.1 Å². The summed E-state index contributed by atoms with van der Waals surface area (Å²) in [5.41, 5.74) is 3.29. The Morgan fingerprint density at radius 1 is 1.33 bits per heavy atom. The Morgan fingerprint density at radius 3 is 2.71 bits per heavy atom. The van der Waals surface area contributed by atoms with E-state index in [-0.39, 0.29) is 6.03 Å². The van der Waals surface area contributed by atoms with Crippen molar-refractivity contribution in [2.24, 2.45) is 5.92 Å². The molecule has 0 aromatic heterocycles. The van der Waals surface area contributed by atoms with E-state index in [1.54, 1.807) is 18.7 Å². The summed E-state index contributed by atoms with van der Waals surface area (Å²) < 4.78 is 0. The zero-order valence-electron chi connectivity index (χ0n) is 12.7. The van der Waals surface area contributed by atoms with Gasteiger partial charge in [0.15, 0.2) is 0 Å². The van der Waals surface area contributed by atoms with E-state index in [0.29, 0.717) is 6.54 Å². The molecule has 21 heavy (non-hydrogen) atoms. The van der Waals surface area contributed by atoms with Gasteiger partial charge in [-0.2, -0.15) is 0 Å². The van der Waals surface area contributed by atoms with Crippen molar-refractivity contribution in [3.63, 3.8) is 0 Å².